The molecular formula is C52H60Cl2Zr-2. The van der Waals surface area contributed by atoms with Gasteiger partial charge in [0.15, 0.2) is 0 Å². The van der Waals surface area contributed by atoms with Gasteiger partial charge < -0.3 is 24.8 Å². The Balaban J connectivity index is 0.000000158. The number of benzene rings is 4. The first-order chi connectivity index (χ1) is 25.2. The molecule has 288 valence electrons. The molecule has 1 atom stereocenters. The van der Waals surface area contributed by atoms with Gasteiger partial charge in [0.25, 0.3) is 0 Å². The molecule has 1 unspecified atom stereocenters. The first kappa shape index (κ1) is 43.7. The summed E-state index contributed by atoms with van der Waals surface area (Å²) in [5.74, 6) is 3.82. The average molecular weight is 847 g/mol. The van der Waals surface area contributed by atoms with Crippen LogP contribution in [0, 0.1) is 35.2 Å². The molecule has 0 N–H and O–H groups in total. The Hall–Kier alpha value is -2.44. The summed E-state index contributed by atoms with van der Waals surface area (Å²) in [6.07, 6.45) is 16.7. The number of hydrogen-bond donors (Lipinski definition) is 0. The van der Waals surface area contributed by atoms with Gasteiger partial charge in [0.1, 0.15) is 0 Å². The van der Waals surface area contributed by atoms with Crippen molar-refractivity contribution in [3.63, 3.8) is 0 Å². The van der Waals surface area contributed by atoms with Crippen LogP contribution >= 0.6 is 0 Å². The molecule has 0 saturated heterocycles. The number of rotatable bonds is 4. The average Bonchev–Trinajstić information content (AvgIpc) is 3.64. The summed E-state index contributed by atoms with van der Waals surface area (Å²) in [6, 6.07) is 37.3. The van der Waals surface area contributed by atoms with Crippen LogP contribution in [0.3, 0.4) is 0 Å². The summed E-state index contributed by atoms with van der Waals surface area (Å²) in [5, 5.41) is 5.48. The van der Waals surface area contributed by atoms with E-state index in [9.17, 15) is 0 Å². The molecular weight excluding hydrogens is 787 g/mol. The van der Waals surface area contributed by atoms with Gasteiger partial charge in [-0.3, -0.25) is 6.08 Å². The van der Waals surface area contributed by atoms with Gasteiger partial charge in [0, 0.05) is 0 Å². The molecule has 0 heterocycles. The topological polar surface area (TPSA) is 0 Å². The first-order valence-electron chi connectivity index (χ1n) is 20.3. The molecule has 0 amide bonds. The van der Waals surface area contributed by atoms with E-state index in [2.05, 4.69) is 171 Å². The van der Waals surface area contributed by atoms with Crippen molar-refractivity contribution in [3.8, 4) is 0 Å². The minimum atomic E-state index is 0. The van der Waals surface area contributed by atoms with Crippen LogP contribution in [0.15, 0.2) is 120 Å². The predicted molar refractivity (Wildman–Crippen MR) is 225 cm³/mol. The number of hydrogen-bond acceptors (Lipinski definition) is 0. The fourth-order valence-corrected chi connectivity index (χ4v) is 11.2. The molecule has 5 aliphatic rings. The fraction of sp³-hybridized carbons (Fsp3) is 0.423. The Bertz CT molecular complexity index is 1990. The molecule has 5 aromatic rings. The molecule has 5 aromatic carbocycles. The van der Waals surface area contributed by atoms with Crippen molar-refractivity contribution in [3.05, 3.63) is 149 Å². The van der Waals surface area contributed by atoms with E-state index in [1.54, 1.807) is 44.1 Å². The Morgan fingerprint density at radius 2 is 1.09 bits per heavy atom. The molecule has 4 bridgehead atoms. The summed E-state index contributed by atoms with van der Waals surface area (Å²) < 4.78 is 1.42. The molecule has 3 heteroatoms. The van der Waals surface area contributed by atoms with Crippen LogP contribution in [-0.2, 0) is 35.1 Å². The molecule has 0 aliphatic heterocycles. The third kappa shape index (κ3) is 10.2. The van der Waals surface area contributed by atoms with Gasteiger partial charge in [-0.2, -0.15) is 11.6 Å². The van der Waals surface area contributed by atoms with Crippen LogP contribution in [-0.4, -0.2) is 3.21 Å². The van der Waals surface area contributed by atoms with E-state index in [0.717, 1.165) is 17.8 Å². The van der Waals surface area contributed by atoms with E-state index in [-0.39, 0.29) is 35.6 Å². The van der Waals surface area contributed by atoms with Gasteiger partial charge in [-0.1, -0.05) is 103 Å². The third-order valence-corrected chi connectivity index (χ3v) is 14.1. The van der Waals surface area contributed by atoms with Crippen LogP contribution in [0.1, 0.15) is 123 Å². The monoisotopic (exact) mass is 844 g/mol. The van der Waals surface area contributed by atoms with Gasteiger partial charge in [0.05, 0.1) is 0 Å². The van der Waals surface area contributed by atoms with Crippen molar-refractivity contribution < 1.29 is 49.0 Å². The second kappa shape index (κ2) is 17.6. The summed E-state index contributed by atoms with van der Waals surface area (Å²) in [4.78, 5) is 0. The van der Waals surface area contributed by atoms with Crippen molar-refractivity contribution in [2.75, 3.05) is 0 Å². The zero-order chi connectivity index (χ0) is 37.5. The van der Waals surface area contributed by atoms with Gasteiger partial charge in [-0.25, -0.2) is 5.57 Å². The number of halogens is 2. The molecule has 4 saturated carbocycles. The Morgan fingerprint density at radius 1 is 0.673 bits per heavy atom. The van der Waals surface area contributed by atoms with Crippen molar-refractivity contribution in [2.45, 2.75) is 111 Å². The quantitative estimate of drug-likeness (QED) is 0.161. The van der Waals surface area contributed by atoms with Crippen molar-refractivity contribution in [2.24, 2.45) is 29.1 Å². The SMILES string of the molecule is CC(C)(C)c1ccc2c(c1)[cH-]c1cc(C(C)(C)C)ccc12.CC1=[C-]C(C)C=C1CC12CC3CC(CC(C3)C1)C2.[Cl-].[Cl-].[Zr+2]=[C](c1ccccc1)c1ccccc1. The molecule has 0 spiro atoms. The van der Waals surface area contributed by atoms with Crippen LogP contribution in [0.25, 0.3) is 21.5 Å². The van der Waals surface area contributed by atoms with E-state index in [4.69, 9.17) is 0 Å². The second-order valence-electron chi connectivity index (χ2n) is 19.2. The minimum absolute atomic E-state index is 0. The molecule has 0 nitrogen and oxygen atoms in total. The molecule has 0 aromatic heterocycles. The zero-order valence-electron chi connectivity index (χ0n) is 34.4. The van der Waals surface area contributed by atoms with Crippen molar-refractivity contribution in [1.29, 1.82) is 0 Å². The van der Waals surface area contributed by atoms with Crippen molar-refractivity contribution >= 4 is 24.8 Å². The Labute approximate surface area is 360 Å². The van der Waals surface area contributed by atoms with Crippen LogP contribution in [0.4, 0.5) is 0 Å². The first-order valence-corrected chi connectivity index (χ1v) is 21.5. The van der Waals surface area contributed by atoms with Crippen molar-refractivity contribution in [1.82, 2.24) is 0 Å². The zero-order valence-corrected chi connectivity index (χ0v) is 38.4. The maximum atomic E-state index is 3.57. The van der Waals surface area contributed by atoms with Crippen LogP contribution in [0.5, 0.6) is 0 Å². The van der Waals surface area contributed by atoms with Gasteiger partial charge >= 0.3 is 99.2 Å². The Kier molecular flexibility index (Phi) is 14.0. The molecule has 10 rings (SSSR count). The summed E-state index contributed by atoms with van der Waals surface area (Å²) in [6.45, 7) is 18.2. The van der Waals surface area contributed by atoms with Gasteiger partial charge in [-0.15, -0.1) is 39.7 Å². The fourth-order valence-electron chi connectivity index (χ4n) is 10.3. The predicted octanol–water partition coefficient (Wildman–Crippen LogP) is 8.04. The van der Waals surface area contributed by atoms with E-state index in [1.165, 1.54) is 83.2 Å². The summed E-state index contributed by atoms with van der Waals surface area (Å²) in [7, 11) is 0. The van der Waals surface area contributed by atoms with Crippen LogP contribution < -0.4 is 24.8 Å². The Morgan fingerprint density at radius 3 is 1.45 bits per heavy atom. The molecule has 4 fully saturated rings. The van der Waals surface area contributed by atoms with E-state index >= 15 is 0 Å². The maximum absolute atomic E-state index is 3.57. The molecule has 5 aliphatic carbocycles. The third-order valence-electron chi connectivity index (χ3n) is 12.7. The normalized spacial score (nSPS) is 23.7. The van der Waals surface area contributed by atoms with Crippen LogP contribution in [0.2, 0.25) is 0 Å². The molecule has 55 heavy (non-hydrogen) atoms. The van der Waals surface area contributed by atoms with Gasteiger partial charge in [-0.05, 0) is 72.5 Å². The van der Waals surface area contributed by atoms with E-state index in [1.807, 2.05) is 0 Å². The van der Waals surface area contributed by atoms with E-state index < -0.39 is 0 Å². The van der Waals surface area contributed by atoms with E-state index in [0.29, 0.717) is 11.3 Å². The summed E-state index contributed by atoms with van der Waals surface area (Å²) in [5.41, 5.74) is 9.68. The number of fused-ring (bicyclic) bond motifs is 3. The summed E-state index contributed by atoms with van der Waals surface area (Å²) >= 11 is 1.46. The molecule has 0 radical (unpaired) electrons. The standard InChI is InChI=1S/C21H25.C18H25.C13H10.2ClH.Zr/c1-20(2,3)16-7-9-18-14(12-16)11-15-13-17(21(4,5)6)8-10-19(15)18;1-12-3-13(2)17(4-12)11-18-8-14-5-15(9-18)7-16(6-14)10-18;1-3-7-12(8-4-1)11-13-9-5-2-6-10-13;;;/h7-13H,1-6H3;4,12,14-16H,5-11H2,1-2H3;1-10H;2*1H;/q2*-1;;;;+2/p-2. The number of allylic oxidation sites excluding steroid dienone is 4. The second-order valence-corrected chi connectivity index (χ2v) is 20.4. The van der Waals surface area contributed by atoms with Gasteiger partial charge in [0.2, 0.25) is 0 Å².